The molecule has 0 heterocycles. The fraction of sp³-hybridized carbons (Fsp3) is 1.00. The van der Waals surface area contributed by atoms with Gasteiger partial charge in [-0.1, -0.05) is 13.8 Å². The van der Waals surface area contributed by atoms with E-state index in [9.17, 15) is 9.79 Å². The molecular formula is C4H10MoO2PS3. The van der Waals surface area contributed by atoms with Crippen molar-refractivity contribution < 1.29 is 27.8 Å². The first-order valence-corrected chi connectivity index (χ1v) is 10.5. The van der Waals surface area contributed by atoms with E-state index >= 15 is 0 Å². The summed E-state index contributed by atoms with van der Waals surface area (Å²) in [5.74, 6) is 1.33. The zero-order valence-corrected chi connectivity index (χ0v) is 11.7. The molecule has 0 amide bonds. The van der Waals surface area contributed by atoms with Gasteiger partial charge in [-0.2, -0.15) is 0 Å². The molecule has 0 unspecified atom stereocenters. The quantitative estimate of drug-likeness (QED) is 0.416. The number of rotatable bonds is 2. The van der Waals surface area contributed by atoms with Gasteiger partial charge in [0.1, 0.15) is 0 Å². The molecule has 0 aliphatic heterocycles. The summed E-state index contributed by atoms with van der Waals surface area (Å²) in [6.07, 6.45) is 0. The van der Waals surface area contributed by atoms with Crippen molar-refractivity contribution in [1.82, 2.24) is 0 Å². The maximum atomic E-state index is 10.6. The Labute approximate surface area is 90.4 Å². The van der Waals surface area contributed by atoms with Crippen LogP contribution >= 0.6 is 15.5 Å². The van der Waals surface area contributed by atoms with Gasteiger partial charge in [-0.3, -0.25) is 0 Å². The van der Waals surface area contributed by atoms with Crippen LogP contribution in [0.3, 0.4) is 0 Å². The van der Waals surface area contributed by atoms with Crippen LogP contribution in [-0.2, 0) is 40.3 Å². The van der Waals surface area contributed by atoms with Gasteiger partial charge in [0.25, 0.3) is 0 Å². The predicted molar refractivity (Wildman–Crippen MR) is 50.3 cm³/mol. The molecule has 0 rings (SSSR count). The van der Waals surface area contributed by atoms with Crippen LogP contribution in [0, 0.1) is 0 Å². The summed E-state index contributed by atoms with van der Waals surface area (Å²) in [7, 11) is 3.55. The topological polar surface area (TPSA) is 46.1 Å². The SMILES string of the molecule is CCS(CC)=P([O-])([O-])[S-].[S]=[Mo+3]. The first kappa shape index (κ1) is 15.4. The third kappa shape index (κ3) is 8.29. The average molecular weight is 313 g/mol. The van der Waals surface area contributed by atoms with E-state index in [1.807, 2.05) is 13.8 Å². The molecular weight excluding hydrogens is 303 g/mol. The Morgan fingerprint density at radius 2 is 1.64 bits per heavy atom. The fourth-order valence-corrected chi connectivity index (χ4v) is 5.36. The Morgan fingerprint density at radius 3 is 1.64 bits per heavy atom. The van der Waals surface area contributed by atoms with Gasteiger partial charge in [0, 0.05) is 0 Å². The molecule has 0 N–H and O–H groups in total. The van der Waals surface area contributed by atoms with Gasteiger partial charge in [0.15, 0.2) is 0 Å². The van der Waals surface area contributed by atoms with E-state index in [4.69, 9.17) is 0 Å². The van der Waals surface area contributed by atoms with Crippen molar-refractivity contribution in [2.75, 3.05) is 11.5 Å². The minimum atomic E-state index is -3.41. The molecule has 0 aliphatic rings. The third-order valence-corrected chi connectivity index (χ3v) is 8.29. The molecule has 67 valence electrons. The van der Waals surface area contributed by atoms with Gasteiger partial charge in [0.2, 0.25) is 0 Å². The molecule has 7 heteroatoms. The van der Waals surface area contributed by atoms with Crippen molar-refractivity contribution in [1.29, 1.82) is 0 Å². The van der Waals surface area contributed by atoms with E-state index in [0.29, 0.717) is 11.5 Å². The summed E-state index contributed by atoms with van der Waals surface area (Å²) < 4.78 is 0. The predicted octanol–water partition coefficient (Wildman–Crippen LogP) is 0.235. The molecule has 11 heavy (non-hydrogen) atoms. The Bertz CT molecular complexity index is 143. The monoisotopic (exact) mass is 315 g/mol. The number of hydrogen-bond acceptors (Lipinski definition) is 4. The number of hydrogen-bond donors (Lipinski definition) is 0. The Morgan fingerprint density at radius 1 is 1.36 bits per heavy atom. The van der Waals surface area contributed by atoms with E-state index in [-0.39, 0.29) is 0 Å². The molecule has 0 aromatic heterocycles. The maximum absolute atomic E-state index is 10.6. The zero-order chi connectivity index (χ0) is 9.49. The van der Waals surface area contributed by atoms with Crippen molar-refractivity contribution in [2.24, 2.45) is 0 Å². The van der Waals surface area contributed by atoms with Crippen LogP contribution < -0.4 is 9.79 Å². The van der Waals surface area contributed by atoms with E-state index in [2.05, 4.69) is 22.1 Å². The normalized spacial score (nSPS) is 10.9. The van der Waals surface area contributed by atoms with Gasteiger partial charge in [-0.25, -0.2) is 10.1 Å². The molecule has 0 saturated heterocycles. The molecule has 0 bridgehead atoms. The zero-order valence-electron chi connectivity index (χ0n) is 6.31. The van der Waals surface area contributed by atoms with Crippen LogP contribution in [0.4, 0.5) is 0 Å². The fourth-order valence-electron chi connectivity index (χ4n) is 0.520. The molecule has 2 nitrogen and oxygen atoms in total. The van der Waals surface area contributed by atoms with E-state index in [1.54, 1.807) is 0 Å². The van der Waals surface area contributed by atoms with Crippen molar-refractivity contribution in [2.45, 2.75) is 13.8 Å². The van der Waals surface area contributed by atoms with Crippen molar-refractivity contribution >= 4 is 37.8 Å². The van der Waals surface area contributed by atoms with Crippen LogP contribution in [0.15, 0.2) is 0 Å². The Hall–Kier alpha value is 1.96. The summed E-state index contributed by atoms with van der Waals surface area (Å²) in [5.41, 5.74) is -3.41. The van der Waals surface area contributed by atoms with Gasteiger partial charge in [-0.05, 0) is 11.5 Å². The minimum absolute atomic E-state index is 0.541. The van der Waals surface area contributed by atoms with Gasteiger partial charge < -0.3 is 27.7 Å². The van der Waals surface area contributed by atoms with Gasteiger partial charge >= 0.3 is 27.8 Å². The molecule has 0 radical (unpaired) electrons. The van der Waals surface area contributed by atoms with E-state index < -0.39 is 15.8 Å². The molecule has 0 spiro atoms. The molecule has 0 aromatic carbocycles. The molecule has 0 atom stereocenters. The summed E-state index contributed by atoms with van der Waals surface area (Å²) in [4.78, 5) is 21.3. The second-order valence-corrected chi connectivity index (χ2v) is 9.59. The van der Waals surface area contributed by atoms with E-state index in [0.717, 1.165) is 0 Å². The third-order valence-electron chi connectivity index (χ3n) is 0.983. The Balaban J connectivity index is 0. The van der Waals surface area contributed by atoms with Crippen molar-refractivity contribution in [3.63, 3.8) is 0 Å². The van der Waals surface area contributed by atoms with Gasteiger partial charge in [-0.15, -0.1) is 0 Å². The van der Waals surface area contributed by atoms with Crippen LogP contribution in [0.2, 0.25) is 0 Å². The van der Waals surface area contributed by atoms with Crippen LogP contribution in [-0.4, -0.2) is 11.5 Å². The molecule has 0 saturated carbocycles. The van der Waals surface area contributed by atoms with Crippen molar-refractivity contribution in [3.8, 4) is 0 Å². The Kier molecular flexibility index (Phi) is 12.0. The second-order valence-electron chi connectivity index (χ2n) is 1.49. The van der Waals surface area contributed by atoms with Crippen LogP contribution in [0.5, 0.6) is 0 Å². The average Bonchev–Trinajstić information content (AvgIpc) is 1.92. The molecule has 0 fully saturated rings. The van der Waals surface area contributed by atoms with Gasteiger partial charge in [0.05, 0.1) is 0 Å². The molecule has 0 aromatic rings. The van der Waals surface area contributed by atoms with Crippen molar-refractivity contribution in [3.05, 3.63) is 0 Å². The first-order valence-electron chi connectivity index (χ1n) is 2.89. The summed E-state index contributed by atoms with van der Waals surface area (Å²) in [6.45, 7) is 3.70. The van der Waals surface area contributed by atoms with Crippen LogP contribution in [0.1, 0.15) is 13.8 Å². The standard InChI is InChI=1S/C4H10O2PS2.Mo.S/c1-3-9(4-2)7(5,6)8;;/h3-4H2,1-2H3;;/q-3;+3;. The second kappa shape index (κ2) is 8.55. The molecule has 0 aliphatic carbocycles. The summed E-state index contributed by atoms with van der Waals surface area (Å²) >= 11 is 5.85. The van der Waals surface area contributed by atoms with Crippen LogP contribution in [0.25, 0.3) is 0 Å². The first-order chi connectivity index (χ1) is 5.02. The van der Waals surface area contributed by atoms with E-state index in [1.165, 1.54) is 18.0 Å². The summed E-state index contributed by atoms with van der Waals surface area (Å²) in [6, 6.07) is 0. The summed E-state index contributed by atoms with van der Waals surface area (Å²) in [5, 5.41) is 0.